The first kappa shape index (κ1) is 22.4. The lowest BCUT2D eigenvalue weighted by molar-refractivity contribution is 0.0276. The summed E-state index contributed by atoms with van der Waals surface area (Å²) >= 11 is 1.26. The number of hydrogen-bond donors (Lipinski definition) is 1. The number of likely N-dealkylation sites (tertiary alicyclic amines) is 1. The minimum atomic E-state index is -0.696. The van der Waals surface area contributed by atoms with Crippen LogP contribution in [0.15, 0.2) is 29.5 Å². The number of nitrogens with zero attached hydrogens (tertiary/aromatic N) is 6. The molecule has 12 heteroatoms. The van der Waals surface area contributed by atoms with Crippen molar-refractivity contribution in [3.05, 3.63) is 52.0 Å². The van der Waals surface area contributed by atoms with Crippen molar-refractivity contribution in [1.29, 1.82) is 0 Å². The molecule has 2 aromatic heterocycles. The molecule has 9 nitrogen and oxygen atoms in total. The van der Waals surface area contributed by atoms with Gasteiger partial charge >= 0.3 is 6.03 Å². The molecule has 2 aliphatic rings. The van der Waals surface area contributed by atoms with Gasteiger partial charge in [0.2, 0.25) is 0 Å². The highest BCUT2D eigenvalue weighted by Crippen LogP contribution is 2.36. The number of hydrazone groups is 1. The molecule has 0 saturated carbocycles. The van der Waals surface area contributed by atoms with Crippen molar-refractivity contribution in [1.82, 2.24) is 24.7 Å². The summed E-state index contributed by atoms with van der Waals surface area (Å²) in [6.07, 6.45) is 3.41. The molecule has 1 atom stereocenters. The van der Waals surface area contributed by atoms with Crippen LogP contribution >= 0.6 is 11.3 Å². The standard InChI is InChI=1S/C22H22F2N6O3S/c1-12-8-26-28(2)20(12)19-18(11-31)34-21(27-19)33-16-9-29(10-16)22(32)30-17(3-4-25-30)13-5-14(23)7-15(24)6-13/h4-8,16-17,31H,3,9-11H2,1-2H3/t17-/m0/s1. The van der Waals surface area contributed by atoms with Crippen LogP contribution in [-0.2, 0) is 13.7 Å². The monoisotopic (exact) mass is 488 g/mol. The zero-order valence-electron chi connectivity index (χ0n) is 18.5. The van der Waals surface area contributed by atoms with Crippen LogP contribution < -0.4 is 4.74 Å². The lowest BCUT2D eigenvalue weighted by Crippen LogP contribution is -2.58. The van der Waals surface area contributed by atoms with Gasteiger partial charge in [0, 0.05) is 25.7 Å². The van der Waals surface area contributed by atoms with Crippen molar-refractivity contribution < 1.29 is 23.4 Å². The molecule has 2 aliphatic heterocycles. The van der Waals surface area contributed by atoms with E-state index in [1.807, 2.05) is 14.0 Å². The van der Waals surface area contributed by atoms with E-state index in [1.165, 1.54) is 28.5 Å². The number of hydrogen-bond acceptors (Lipinski definition) is 7. The van der Waals surface area contributed by atoms with Gasteiger partial charge in [-0.05, 0) is 30.2 Å². The second kappa shape index (κ2) is 8.76. The van der Waals surface area contributed by atoms with Gasteiger partial charge in [0.1, 0.15) is 23.4 Å². The van der Waals surface area contributed by atoms with Crippen molar-refractivity contribution in [2.75, 3.05) is 13.1 Å². The number of carbonyl (C=O) groups is 1. The average Bonchev–Trinajstić information content (AvgIpc) is 3.48. The number of rotatable bonds is 5. The molecule has 0 bridgehead atoms. The van der Waals surface area contributed by atoms with E-state index in [1.54, 1.807) is 22.0 Å². The maximum Gasteiger partial charge on any atom is 0.341 e. The van der Waals surface area contributed by atoms with E-state index in [0.29, 0.717) is 40.8 Å². The Bertz CT molecular complexity index is 1230. The van der Waals surface area contributed by atoms with Crippen molar-refractivity contribution in [3.63, 3.8) is 0 Å². The topological polar surface area (TPSA) is 96.1 Å². The largest absolute Gasteiger partial charge is 0.463 e. The van der Waals surface area contributed by atoms with E-state index >= 15 is 0 Å². The highest BCUT2D eigenvalue weighted by atomic mass is 32.1. The summed E-state index contributed by atoms with van der Waals surface area (Å²) in [5.74, 6) is -1.39. The fourth-order valence-corrected chi connectivity index (χ4v) is 4.99. The van der Waals surface area contributed by atoms with Gasteiger partial charge in [-0.3, -0.25) is 4.68 Å². The number of aromatic nitrogens is 3. The molecule has 0 unspecified atom stereocenters. The Morgan fingerprint density at radius 1 is 1.26 bits per heavy atom. The Kier molecular flexibility index (Phi) is 5.78. The molecule has 34 heavy (non-hydrogen) atoms. The molecule has 0 aliphatic carbocycles. The second-order valence-electron chi connectivity index (χ2n) is 8.23. The molecule has 2 amide bonds. The molecular formula is C22H22F2N6O3S. The molecule has 1 N–H and O–H groups in total. The Labute approximate surface area is 197 Å². The van der Waals surface area contributed by atoms with Crippen molar-refractivity contribution in [3.8, 4) is 16.6 Å². The summed E-state index contributed by atoms with van der Waals surface area (Å²) in [6, 6.07) is 2.31. The van der Waals surface area contributed by atoms with Crippen molar-refractivity contribution in [2.24, 2.45) is 12.1 Å². The third-order valence-electron chi connectivity index (χ3n) is 5.85. The number of ether oxygens (including phenoxy) is 1. The first-order valence-electron chi connectivity index (χ1n) is 10.7. The molecular weight excluding hydrogens is 466 g/mol. The summed E-state index contributed by atoms with van der Waals surface area (Å²) in [7, 11) is 1.81. The first-order chi connectivity index (χ1) is 16.3. The number of benzene rings is 1. The number of aliphatic hydroxyl groups excluding tert-OH is 1. The van der Waals surface area contributed by atoms with Crippen LogP contribution in [0.5, 0.6) is 5.19 Å². The van der Waals surface area contributed by atoms with E-state index < -0.39 is 17.7 Å². The molecule has 0 spiro atoms. The van der Waals surface area contributed by atoms with Crippen molar-refractivity contribution >= 4 is 23.6 Å². The van der Waals surface area contributed by atoms with Crippen LogP contribution in [0, 0.1) is 18.6 Å². The van der Waals surface area contributed by atoms with Crippen LogP contribution in [0.1, 0.15) is 28.5 Å². The number of aryl methyl sites for hydroxylation is 2. The van der Waals surface area contributed by atoms with Gasteiger partial charge in [0.25, 0.3) is 5.19 Å². The van der Waals surface area contributed by atoms with Gasteiger partial charge in [-0.2, -0.15) is 10.2 Å². The SMILES string of the molecule is Cc1cnn(C)c1-c1nc(OC2CN(C(=O)N3N=CC[C@H]3c3cc(F)cc(F)c3)C2)sc1CO. The smallest absolute Gasteiger partial charge is 0.341 e. The van der Waals surface area contributed by atoms with Crippen molar-refractivity contribution in [2.45, 2.75) is 32.1 Å². The van der Waals surface area contributed by atoms with Crippen LogP contribution in [-0.4, -0.2) is 61.2 Å². The summed E-state index contributed by atoms with van der Waals surface area (Å²) in [6.45, 7) is 2.39. The fraction of sp³-hybridized carbons (Fsp3) is 0.364. The molecule has 1 aromatic carbocycles. The number of halogens is 2. The van der Waals surface area contributed by atoms with Gasteiger partial charge in [-0.15, -0.1) is 0 Å². The van der Waals surface area contributed by atoms with E-state index in [4.69, 9.17) is 4.74 Å². The molecule has 5 rings (SSSR count). The van der Waals surface area contributed by atoms with E-state index in [9.17, 15) is 18.7 Å². The van der Waals surface area contributed by atoms with Gasteiger partial charge in [-0.25, -0.2) is 23.6 Å². The number of thiazole rings is 1. The zero-order valence-corrected chi connectivity index (χ0v) is 19.3. The quantitative estimate of drug-likeness (QED) is 0.595. The Balaban J connectivity index is 1.24. The normalized spacial score (nSPS) is 18.0. The Hall–Kier alpha value is -3.38. The fourth-order valence-electron chi connectivity index (χ4n) is 4.16. The zero-order chi connectivity index (χ0) is 24.0. The van der Waals surface area contributed by atoms with Gasteiger partial charge in [-0.1, -0.05) is 11.3 Å². The summed E-state index contributed by atoms with van der Waals surface area (Å²) in [5.41, 5.74) is 2.73. The number of aliphatic hydroxyl groups is 1. The molecule has 0 radical (unpaired) electrons. The summed E-state index contributed by atoms with van der Waals surface area (Å²) in [5, 5.41) is 19.8. The number of carbonyl (C=O) groups excluding carboxylic acids is 1. The predicted molar refractivity (Wildman–Crippen MR) is 120 cm³/mol. The third kappa shape index (κ3) is 4.03. The minimum absolute atomic E-state index is 0.175. The van der Waals surface area contributed by atoms with Gasteiger partial charge in [0.05, 0.1) is 42.5 Å². The highest BCUT2D eigenvalue weighted by molar-refractivity contribution is 7.13. The van der Waals surface area contributed by atoms with Crippen LogP contribution in [0.3, 0.4) is 0 Å². The molecule has 178 valence electrons. The van der Waals surface area contributed by atoms with Gasteiger partial charge in [0.15, 0.2) is 0 Å². The maximum atomic E-state index is 13.7. The Morgan fingerprint density at radius 3 is 2.65 bits per heavy atom. The average molecular weight is 489 g/mol. The number of amides is 2. The lowest BCUT2D eigenvalue weighted by atomic mass is 10.0. The molecule has 1 fully saturated rings. The highest BCUT2D eigenvalue weighted by Gasteiger charge is 2.39. The van der Waals surface area contributed by atoms with Crippen LogP contribution in [0.25, 0.3) is 11.4 Å². The summed E-state index contributed by atoms with van der Waals surface area (Å²) in [4.78, 5) is 19.7. The summed E-state index contributed by atoms with van der Waals surface area (Å²) < 4.78 is 35.0. The Morgan fingerprint density at radius 2 is 2.00 bits per heavy atom. The van der Waals surface area contributed by atoms with E-state index in [-0.39, 0.29) is 18.7 Å². The van der Waals surface area contributed by atoms with Crippen LogP contribution in [0.2, 0.25) is 0 Å². The van der Waals surface area contributed by atoms with E-state index in [0.717, 1.165) is 17.3 Å². The molecule has 4 heterocycles. The number of urea groups is 1. The minimum Gasteiger partial charge on any atom is -0.463 e. The third-order valence-corrected chi connectivity index (χ3v) is 6.78. The van der Waals surface area contributed by atoms with E-state index in [2.05, 4.69) is 15.2 Å². The maximum absolute atomic E-state index is 13.7. The molecule has 1 saturated heterocycles. The van der Waals surface area contributed by atoms with Crippen LogP contribution in [0.4, 0.5) is 13.6 Å². The first-order valence-corrected chi connectivity index (χ1v) is 11.5. The molecule has 3 aromatic rings. The second-order valence-corrected chi connectivity index (χ2v) is 9.28. The predicted octanol–water partition coefficient (Wildman–Crippen LogP) is 3.24. The lowest BCUT2D eigenvalue weighted by Gasteiger charge is -2.40. The van der Waals surface area contributed by atoms with Gasteiger partial charge < -0.3 is 14.7 Å².